The topological polar surface area (TPSA) is 38.8 Å². The molecule has 1 saturated heterocycles. The van der Waals surface area contributed by atoms with Crippen molar-refractivity contribution in [1.29, 1.82) is 0 Å². The smallest absolute Gasteiger partial charge is 0.345 e. The number of methoxy groups -OCH3 is 1. The Hall–Kier alpha value is -1.82. The van der Waals surface area contributed by atoms with Crippen LogP contribution in [0.5, 0.6) is 11.5 Å². The lowest BCUT2D eigenvalue weighted by Gasteiger charge is -2.19. The molecule has 2 aromatic carbocycles. The number of likely N-dealkylation sites (tertiary alicyclic amines) is 1. The van der Waals surface area contributed by atoms with Gasteiger partial charge < -0.3 is 14.4 Å². The molecule has 1 aliphatic rings. The van der Waals surface area contributed by atoms with Crippen LogP contribution in [0.3, 0.4) is 0 Å². The SMILES string of the molecule is COc1cc(C(=S)N2CCCC2)ccc1OC(=O)c1ccc(Cl)cc1Cl. The fourth-order valence-corrected chi connectivity index (χ4v) is 3.59. The second-order valence-corrected chi connectivity index (χ2v) is 7.11. The third-order valence-corrected chi connectivity index (χ3v) is 5.20. The molecule has 1 aliphatic heterocycles. The molecule has 0 amide bonds. The maximum Gasteiger partial charge on any atom is 0.345 e. The average Bonchev–Trinajstić information content (AvgIpc) is 3.16. The van der Waals surface area contributed by atoms with E-state index in [4.69, 9.17) is 44.9 Å². The molecule has 0 saturated carbocycles. The number of hydrogen-bond donors (Lipinski definition) is 0. The zero-order valence-electron chi connectivity index (χ0n) is 14.1. The van der Waals surface area contributed by atoms with E-state index in [9.17, 15) is 4.79 Å². The molecule has 0 bridgehead atoms. The maximum atomic E-state index is 12.4. The number of ether oxygens (including phenoxy) is 2. The van der Waals surface area contributed by atoms with Gasteiger partial charge in [0, 0.05) is 23.7 Å². The lowest BCUT2D eigenvalue weighted by Crippen LogP contribution is -2.26. The summed E-state index contributed by atoms with van der Waals surface area (Å²) in [6.07, 6.45) is 2.30. The lowest BCUT2D eigenvalue weighted by molar-refractivity contribution is 0.0730. The van der Waals surface area contributed by atoms with Crippen molar-refractivity contribution in [2.24, 2.45) is 0 Å². The summed E-state index contributed by atoms with van der Waals surface area (Å²) in [5, 5.41) is 0.678. The summed E-state index contributed by atoms with van der Waals surface area (Å²) in [4.78, 5) is 15.4. The first-order valence-corrected chi connectivity index (χ1v) is 9.30. The highest BCUT2D eigenvalue weighted by atomic mass is 35.5. The molecule has 0 aromatic heterocycles. The standard InChI is InChI=1S/C19H17Cl2NO3S/c1-24-17-10-12(18(26)22-8-2-3-9-22)4-7-16(17)25-19(23)14-6-5-13(20)11-15(14)21/h4-7,10-11H,2-3,8-9H2,1H3. The van der Waals surface area contributed by atoms with Crippen LogP contribution in [-0.4, -0.2) is 36.1 Å². The molecule has 0 unspecified atom stereocenters. The van der Waals surface area contributed by atoms with Crippen LogP contribution in [0.4, 0.5) is 0 Å². The fourth-order valence-electron chi connectivity index (χ4n) is 2.80. The van der Waals surface area contributed by atoms with Crippen LogP contribution in [0.1, 0.15) is 28.8 Å². The van der Waals surface area contributed by atoms with E-state index in [-0.39, 0.29) is 10.6 Å². The number of carbonyl (C=O) groups is 1. The summed E-state index contributed by atoms with van der Waals surface area (Å²) < 4.78 is 10.8. The Morgan fingerprint density at radius 3 is 2.46 bits per heavy atom. The molecule has 0 atom stereocenters. The second kappa shape index (κ2) is 8.25. The summed E-state index contributed by atoms with van der Waals surface area (Å²) in [6.45, 7) is 1.93. The number of thiocarbonyl (C=S) groups is 1. The first-order valence-electron chi connectivity index (χ1n) is 8.14. The highest BCUT2D eigenvalue weighted by Crippen LogP contribution is 2.31. The van der Waals surface area contributed by atoms with Crippen LogP contribution in [0.15, 0.2) is 36.4 Å². The van der Waals surface area contributed by atoms with E-state index in [0.29, 0.717) is 16.5 Å². The van der Waals surface area contributed by atoms with Gasteiger partial charge in [-0.3, -0.25) is 0 Å². The van der Waals surface area contributed by atoms with E-state index >= 15 is 0 Å². The zero-order valence-corrected chi connectivity index (χ0v) is 16.5. The summed E-state index contributed by atoms with van der Waals surface area (Å²) in [5.74, 6) is 0.152. The molecule has 1 fully saturated rings. The molecule has 2 aromatic rings. The quantitative estimate of drug-likeness (QED) is 0.403. The molecular formula is C19H17Cl2NO3S. The summed E-state index contributed by atoms with van der Waals surface area (Å²) in [5.41, 5.74) is 1.10. The molecule has 0 spiro atoms. The van der Waals surface area contributed by atoms with Crippen molar-refractivity contribution in [3.8, 4) is 11.5 Å². The van der Waals surface area contributed by atoms with Gasteiger partial charge in [-0.15, -0.1) is 0 Å². The summed E-state index contributed by atoms with van der Waals surface area (Å²) in [7, 11) is 1.52. The monoisotopic (exact) mass is 409 g/mol. The van der Waals surface area contributed by atoms with Crippen LogP contribution in [0.2, 0.25) is 10.0 Å². The molecular weight excluding hydrogens is 393 g/mol. The van der Waals surface area contributed by atoms with Gasteiger partial charge in [0.2, 0.25) is 0 Å². The molecule has 0 radical (unpaired) electrons. The van der Waals surface area contributed by atoms with E-state index in [1.165, 1.54) is 19.2 Å². The molecule has 0 N–H and O–H groups in total. The molecule has 1 heterocycles. The predicted molar refractivity (Wildman–Crippen MR) is 107 cm³/mol. The number of benzene rings is 2. The van der Waals surface area contributed by atoms with Crippen LogP contribution >= 0.6 is 35.4 Å². The molecule has 136 valence electrons. The van der Waals surface area contributed by atoms with Gasteiger partial charge in [0.15, 0.2) is 11.5 Å². The van der Waals surface area contributed by atoms with Gasteiger partial charge in [0.05, 0.1) is 17.7 Å². The van der Waals surface area contributed by atoms with Crippen molar-refractivity contribution < 1.29 is 14.3 Å². The average molecular weight is 410 g/mol. The van der Waals surface area contributed by atoms with Crippen LogP contribution in [0, 0.1) is 0 Å². The highest BCUT2D eigenvalue weighted by Gasteiger charge is 2.20. The minimum absolute atomic E-state index is 0.230. The largest absolute Gasteiger partial charge is 0.493 e. The van der Waals surface area contributed by atoms with Gasteiger partial charge in [-0.2, -0.15) is 0 Å². The Morgan fingerprint density at radius 2 is 1.81 bits per heavy atom. The van der Waals surface area contributed by atoms with Crippen molar-refractivity contribution in [3.63, 3.8) is 0 Å². The van der Waals surface area contributed by atoms with Crippen LogP contribution < -0.4 is 9.47 Å². The zero-order chi connectivity index (χ0) is 18.7. The van der Waals surface area contributed by atoms with Gasteiger partial charge >= 0.3 is 5.97 Å². The van der Waals surface area contributed by atoms with Crippen LogP contribution in [0.25, 0.3) is 0 Å². The number of esters is 1. The Labute approximate surface area is 167 Å². The van der Waals surface area contributed by atoms with Gasteiger partial charge in [0.1, 0.15) is 4.99 Å². The van der Waals surface area contributed by atoms with E-state index in [1.807, 2.05) is 6.07 Å². The Morgan fingerprint density at radius 1 is 1.08 bits per heavy atom. The van der Waals surface area contributed by atoms with Crippen molar-refractivity contribution in [2.75, 3.05) is 20.2 Å². The molecule has 7 heteroatoms. The third kappa shape index (κ3) is 4.11. The molecule has 26 heavy (non-hydrogen) atoms. The van der Waals surface area contributed by atoms with E-state index in [0.717, 1.165) is 36.5 Å². The fraction of sp³-hybridized carbons (Fsp3) is 0.263. The van der Waals surface area contributed by atoms with E-state index < -0.39 is 5.97 Å². The van der Waals surface area contributed by atoms with Crippen molar-refractivity contribution in [3.05, 3.63) is 57.6 Å². The van der Waals surface area contributed by atoms with Gasteiger partial charge in [-0.25, -0.2) is 4.79 Å². The second-order valence-electron chi connectivity index (χ2n) is 5.88. The van der Waals surface area contributed by atoms with E-state index in [1.54, 1.807) is 18.2 Å². The van der Waals surface area contributed by atoms with Gasteiger partial charge in [-0.05, 0) is 49.2 Å². The summed E-state index contributed by atoms with van der Waals surface area (Å²) >= 11 is 17.5. The number of nitrogens with zero attached hydrogens (tertiary/aromatic N) is 1. The number of halogens is 2. The number of hydrogen-bond acceptors (Lipinski definition) is 4. The Bertz CT molecular complexity index is 851. The van der Waals surface area contributed by atoms with Crippen molar-refractivity contribution in [1.82, 2.24) is 4.90 Å². The molecule has 4 nitrogen and oxygen atoms in total. The first kappa shape index (κ1) is 19.0. The number of carbonyl (C=O) groups excluding carboxylic acids is 1. The minimum Gasteiger partial charge on any atom is -0.493 e. The predicted octanol–water partition coefficient (Wildman–Crippen LogP) is 4.99. The van der Waals surface area contributed by atoms with Crippen molar-refractivity contribution >= 4 is 46.4 Å². The summed E-state index contributed by atoms with van der Waals surface area (Å²) in [6, 6.07) is 9.89. The maximum absolute atomic E-state index is 12.4. The Kier molecular flexibility index (Phi) is 6.01. The molecule has 0 aliphatic carbocycles. The Balaban J connectivity index is 1.81. The van der Waals surface area contributed by atoms with E-state index in [2.05, 4.69) is 4.90 Å². The van der Waals surface area contributed by atoms with Crippen molar-refractivity contribution in [2.45, 2.75) is 12.8 Å². The lowest BCUT2D eigenvalue weighted by atomic mass is 10.2. The van der Waals surface area contributed by atoms with Crippen LogP contribution in [-0.2, 0) is 0 Å². The minimum atomic E-state index is -0.583. The van der Waals surface area contributed by atoms with Gasteiger partial charge in [-0.1, -0.05) is 35.4 Å². The molecule has 3 rings (SSSR count). The third-order valence-electron chi connectivity index (χ3n) is 4.16. The normalized spacial score (nSPS) is 13.6. The first-order chi connectivity index (χ1) is 12.5. The van der Waals surface area contributed by atoms with Gasteiger partial charge in [0.25, 0.3) is 0 Å². The highest BCUT2D eigenvalue weighted by molar-refractivity contribution is 7.80. The number of rotatable bonds is 4.